The first-order valence-electron chi connectivity index (χ1n) is 10.0. The summed E-state index contributed by atoms with van der Waals surface area (Å²) in [5.41, 5.74) is 4.33. The molecular formula is C22H25FN2O3. The van der Waals surface area contributed by atoms with Crippen molar-refractivity contribution in [1.82, 2.24) is 9.97 Å². The van der Waals surface area contributed by atoms with Crippen LogP contribution in [0.15, 0.2) is 24.4 Å². The molecule has 0 spiro atoms. The van der Waals surface area contributed by atoms with E-state index in [0.717, 1.165) is 61.3 Å². The van der Waals surface area contributed by atoms with Gasteiger partial charge in [-0.25, -0.2) is 9.78 Å². The highest BCUT2D eigenvalue weighted by molar-refractivity contribution is 5.86. The minimum Gasteiger partial charge on any atom is -0.476 e. The Balaban J connectivity index is 1.68. The van der Waals surface area contributed by atoms with Gasteiger partial charge in [0, 0.05) is 38.2 Å². The number of aromatic carboxylic acids is 1. The summed E-state index contributed by atoms with van der Waals surface area (Å²) in [6.07, 6.45) is 6.33. The van der Waals surface area contributed by atoms with E-state index in [2.05, 4.69) is 16.0 Å². The molecular weight excluding hydrogens is 359 g/mol. The van der Waals surface area contributed by atoms with E-state index < -0.39 is 12.6 Å². The van der Waals surface area contributed by atoms with Crippen LogP contribution in [0.4, 0.5) is 4.39 Å². The first-order valence-corrected chi connectivity index (χ1v) is 10.0. The van der Waals surface area contributed by atoms with Crippen LogP contribution in [0.25, 0.3) is 0 Å². The zero-order chi connectivity index (χ0) is 19.5. The molecule has 148 valence electrons. The third-order valence-electron chi connectivity index (χ3n) is 5.74. The Morgan fingerprint density at radius 3 is 2.64 bits per heavy atom. The molecule has 1 aromatic heterocycles. The molecule has 4 rings (SSSR count). The van der Waals surface area contributed by atoms with E-state index in [0.29, 0.717) is 30.4 Å². The molecule has 2 heterocycles. The van der Waals surface area contributed by atoms with Crippen LogP contribution in [0.3, 0.4) is 0 Å². The number of aromatic nitrogens is 2. The fourth-order valence-electron chi connectivity index (χ4n) is 4.10. The number of rotatable bonds is 7. The van der Waals surface area contributed by atoms with Crippen molar-refractivity contribution in [2.45, 2.75) is 50.4 Å². The van der Waals surface area contributed by atoms with Crippen molar-refractivity contribution >= 4 is 5.97 Å². The summed E-state index contributed by atoms with van der Waals surface area (Å²) >= 11 is 0. The Hall–Kier alpha value is -2.34. The van der Waals surface area contributed by atoms with Crippen molar-refractivity contribution in [2.24, 2.45) is 0 Å². The second kappa shape index (κ2) is 8.35. The number of hydrogen-bond donors (Lipinski definition) is 1. The predicted molar refractivity (Wildman–Crippen MR) is 103 cm³/mol. The highest BCUT2D eigenvalue weighted by Crippen LogP contribution is 2.39. The van der Waals surface area contributed by atoms with E-state index in [-0.39, 0.29) is 5.69 Å². The van der Waals surface area contributed by atoms with Crippen molar-refractivity contribution in [3.63, 3.8) is 0 Å². The van der Waals surface area contributed by atoms with Crippen molar-refractivity contribution in [1.29, 1.82) is 0 Å². The summed E-state index contributed by atoms with van der Waals surface area (Å²) in [6.45, 7) is 1.01. The minimum absolute atomic E-state index is 0.0204. The number of carboxylic acids is 1. The maximum atomic E-state index is 13.4. The Labute approximate surface area is 164 Å². The molecule has 0 bridgehead atoms. The van der Waals surface area contributed by atoms with Crippen LogP contribution in [0.2, 0.25) is 0 Å². The molecule has 0 amide bonds. The first-order chi connectivity index (χ1) is 13.7. The standard InChI is InChI=1S/C22H25FN2O3/c23-9-6-18-16(2-1-3-17(18)14-7-10-28-11-8-14)12-19-21(22(26)27)25-20(13-24-19)15-4-5-15/h1-3,13-15H,4-12H2,(H,26,27). The third-order valence-corrected chi connectivity index (χ3v) is 5.74. The molecule has 1 aliphatic heterocycles. The molecule has 5 nitrogen and oxygen atoms in total. The van der Waals surface area contributed by atoms with Crippen LogP contribution in [-0.2, 0) is 17.6 Å². The molecule has 2 aliphatic rings. The lowest BCUT2D eigenvalue weighted by molar-refractivity contribution is 0.0688. The zero-order valence-corrected chi connectivity index (χ0v) is 15.9. The highest BCUT2D eigenvalue weighted by Gasteiger charge is 2.28. The van der Waals surface area contributed by atoms with Crippen LogP contribution in [0.5, 0.6) is 0 Å². The van der Waals surface area contributed by atoms with E-state index >= 15 is 0 Å². The smallest absolute Gasteiger partial charge is 0.356 e. The van der Waals surface area contributed by atoms with Gasteiger partial charge >= 0.3 is 5.97 Å². The summed E-state index contributed by atoms with van der Waals surface area (Å²) in [7, 11) is 0. The molecule has 1 aromatic carbocycles. The molecule has 1 aliphatic carbocycles. The zero-order valence-electron chi connectivity index (χ0n) is 15.9. The van der Waals surface area contributed by atoms with Crippen molar-refractivity contribution in [2.75, 3.05) is 19.9 Å². The van der Waals surface area contributed by atoms with Gasteiger partial charge in [-0.05, 0) is 48.3 Å². The van der Waals surface area contributed by atoms with E-state index in [1.54, 1.807) is 6.20 Å². The molecule has 0 atom stereocenters. The number of alkyl halides is 1. The molecule has 0 unspecified atom stereocenters. The largest absolute Gasteiger partial charge is 0.476 e. The van der Waals surface area contributed by atoms with Gasteiger partial charge in [0.05, 0.1) is 18.1 Å². The number of carboxylic acid groups (broad SMARTS) is 1. The number of halogens is 1. The van der Waals surface area contributed by atoms with Gasteiger partial charge in [0.2, 0.25) is 0 Å². The van der Waals surface area contributed by atoms with Gasteiger partial charge in [-0.3, -0.25) is 9.37 Å². The number of nitrogens with zero attached hydrogens (tertiary/aromatic N) is 2. The topological polar surface area (TPSA) is 72.3 Å². The fourth-order valence-corrected chi connectivity index (χ4v) is 4.10. The van der Waals surface area contributed by atoms with Gasteiger partial charge < -0.3 is 9.84 Å². The van der Waals surface area contributed by atoms with Crippen molar-refractivity contribution in [3.8, 4) is 0 Å². The average molecular weight is 384 g/mol. The lowest BCUT2D eigenvalue weighted by Crippen LogP contribution is -2.17. The molecule has 1 saturated carbocycles. The number of ether oxygens (including phenoxy) is 1. The van der Waals surface area contributed by atoms with Gasteiger partial charge in [-0.15, -0.1) is 0 Å². The number of hydrogen-bond acceptors (Lipinski definition) is 4. The molecule has 2 aromatic rings. The summed E-state index contributed by atoms with van der Waals surface area (Å²) in [6, 6.07) is 6.01. The van der Waals surface area contributed by atoms with Crippen LogP contribution < -0.4 is 0 Å². The summed E-state index contributed by atoms with van der Waals surface area (Å²) in [5, 5.41) is 9.63. The number of carbonyl (C=O) groups is 1. The van der Waals surface area contributed by atoms with Crippen LogP contribution >= 0.6 is 0 Å². The summed E-state index contributed by atoms with van der Waals surface area (Å²) < 4.78 is 18.8. The second-order valence-electron chi connectivity index (χ2n) is 7.66. The Bertz CT molecular complexity index is 861. The lowest BCUT2D eigenvalue weighted by Gasteiger charge is -2.26. The molecule has 28 heavy (non-hydrogen) atoms. The first kappa shape index (κ1) is 19.0. The van der Waals surface area contributed by atoms with E-state index in [1.807, 2.05) is 12.1 Å². The fraction of sp³-hybridized carbons (Fsp3) is 0.500. The average Bonchev–Trinajstić information content (AvgIpc) is 3.55. The van der Waals surface area contributed by atoms with Gasteiger partial charge in [-0.2, -0.15) is 0 Å². The molecule has 0 radical (unpaired) electrons. The highest BCUT2D eigenvalue weighted by atomic mass is 19.1. The molecule has 1 saturated heterocycles. The van der Waals surface area contributed by atoms with Gasteiger partial charge in [0.15, 0.2) is 5.69 Å². The molecule has 1 N–H and O–H groups in total. The van der Waals surface area contributed by atoms with E-state index in [9.17, 15) is 14.3 Å². The normalized spacial score (nSPS) is 17.6. The van der Waals surface area contributed by atoms with Crippen LogP contribution in [0.1, 0.15) is 76.1 Å². The third kappa shape index (κ3) is 4.07. The van der Waals surface area contributed by atoms with Crippen LogP contribution in [-0.4, -0.2) is 40.9 Å². The van der Waals surface area contributed by atoms with Crippen molar-refractivity contribution < 1.29 is 19.0 Å². The van der Waals surface area contributed by atoms with Gasteiger partial charge in [-0.1, -0.05) is 18.2 Å². The minimum atomic E-state index is -1.06. The monoisotopic (exact) mass is 384 g/mol. The summed E-state index contributed by atoms with van der Waals surface area (Å²) in [4.78, 5) is 20.6. The maximum Gasteiger partial charge on any atom is 0.356 e. The second-order valence-corrected chi connectivity index (χ2v) is 7.66. The Kier molecular flexibility index (Phi) is 5.67. The Morgan fingerprint density at radius 2 is 1.96 bits per heavy atom. The Morgan fingerprint density at radius 1 is 1.18 bits per heavy atom. The van der Waals surface area contributed by atoms with E-state index in [4.69, 9.17) is 4.74 Å². The lowest BCUT2D eigenvalue weighted by atomic mass is 9.84. The summed E-state index contributed by atoms with van der Waals surface area (Å²) in [5.74, 6) is -0.353. The van der Waals surface area contributed by atoms with Gasteiger partial charge in [0.25, 0.3) is 0 Å². The predicted octanol–water partition coefficient (Wildman–Crippen LogP) is 4.05. The van der Waals surface area contributed by atoms with E-state index in [1.165, 1.54) is 0 Å². The van der Waals surface area contributed by atoms with Crippen LogP contribution in [0, 0.1) is 0 Å². The number of benzene rings is 1. The quantitative estimate of drug-likeness (QED) is 0.780. The molecule has 6 heteroatoms. The van der Waals surface area contributed by atoms with Crippen molar-refractivity contribution in [3.05, 3.63) is 58.2 Å². The molecule has 2 fully saturated rings. The maximum absolute atomic E-state index is 13.4. The SMILES string of the molecule is O=C(O)c1nc(C2CC2)cnc1Cc1cccc(C2CCOCC2)c1CCF. The van der Waals surface area contributed by atoms with Gasteiger partial charge in [0.1, 0.15) is 0 Å².